The van der Waals surface area contributed by atoms with Gasteiger partial charge in [-0.1, -0.05) is 0 Å². The molecule has 0 heterocycles. The zero-order valence-corrected chi connectivity index (χ0v) is 15.9. The van der Waals surface area contributed by atoms with Crippen molar-refractivity contribution < 1.29 is 38.4 Å². The van der Waals surface area contributed by atoms with E-state index in [1.165, 1.54) is 27.4 Å². The molecule has 2 aromatic rings. The van der Waals surface area contributed by atoms with Crippen molar-refractivity contribution in [2.24, 2.45) is 0 Å². The lowest BCUT2D eigenvalue weighted by Gasteiger charge is -2.19. The molecule has 27 heavy (non-hydrogen) atoms. The minimum absolute atomic E-state index is 0.0825. The average molecular weight is 378 g/mol. The number of methoxy groups -OCH3 is 3. The van der Waals surface area contributed by atoms with E-state index in [1.807, 2.05) is 0 Å². The van der Waals surface area contributed by atoms with E-state index in [0.29, 0.717) is 0 Å². The number of benzene rings is 2. The van der Waals surface area contributed by atoms with Gasteiger partial charge in [-0.25, -0.2) is 9.59 Å². The average Bonchev–Trinajstić information content (AvgIpc) is 2.66. The van der Waals surface area contributed by atoms with Crippen LogP contribution in [-0.4, -0.2) is 51.6 Å². The van der Waals surface area contributed by atoms with Crippen LogP contribution in [0, 0.1) is 0 Å². The van der Waals surface area contributed by atoms with E-state index in [-0.39, 0.29) is 58.1 Å². The van der Waals surface area contributed by atoms with Gasteiger partial charge in [-0.15, -0.1) is 0 Å². The first-order chi connectivity index (χ1) is 12.9. The fourth-order valence-electron chi connectivity index (χ4n) is 2.81. The second-order valence-electron chi connectivity index (χ2n) is 5.33. The predicted octanol–water partition coefficient (Wildman–Crippen LogP) is 2.92. The Morgan fingerprint density at radius 2 is 1.48 bits per heavy atom. The van der Waals surface area contributed by atoms with Gasteiger partial charge in [-0.2, -0.15) is 0 Å². The Morgan fingerprint density at radius 1 is 0.889 bits per heavy atom. The van der Waals surface area contributed by atoms with Crippen LogP contribution >= 0.6 is 0 Å². The summed E-state index contributed by atoms with van der Waals surface area (Å²) in [4.78, 5) is 25.1. The first-order valence-electron chi connectivity index (χ1n) is 8.27. The van der Waals surface area contributed by atoms with Crippen molar-refractivity contribution in [2.45, 2.75) is 13.8 Å². The number of carbonyl (C=O) groups excluding carboxylic acids is 2. The Hall–Kier alpha value is -3.16. The summed E-state index contributed by atoms with van der Waals surface area (Å²) in [5.74, 6) is -1.16. The van der Waals surface area contributed by atoms with Gasteiger partial charge in [-0.3, -0.25) is 0 Å². The van der Waals surface area contributed by atoms with Crippen LogP contribution in [0.2, 0.25) is 0 Å². The molecule has 0 saturated carbocycles. The lowest BCUT2D eigenvalue weighted by molar-refractivity contribution is 0.0480. The first-order valence-corrected chi connectivity index (χ1v) is 8.27. The quantitative estimate of drug-likeness (QED) is 0.734. The van der Waals surface area contributed by atoms with Crippen LogP contribution < -0.4 is 14.2 Å². The molecule has 2 rings (SSSR count). The van der Waals surface area contributed by atoms with E-state index in [0.717, 1.165) is 6.07 Å². The molecule has 0 fully saturated rings. The molecule has 0 aromatic heterocycles. The highest BCUT2D eigenvalue weighted by Crippen LogP contribution is 2.48. The van der Waals surface area contributed by atoms with E-state index in [2.05, 4.69) is 0 Å². The van der Waals surface area contributed by atoms with Gasteiger partial charge in [0.05, 0.1) is 45.7 Å². The Bertz CT molecular complexity index is 872. The fourth-order valence-corrected chi connectivity index (χ4v) is 2.81. The molecule has 8 heteroatoms. The van der Waals surface area contributed by atoms with Crippen molar-refractivity contribution in [1.82, 2.24) is 0 Å². The van der Waals surface area contributed by atoms with Crippen LogP contribution in [0.15, 0.2) is 12.1 Å². The molecule has 0 aliphatic carbocycles. The molecule has 0 bridgehead atoms. The lowest BCUT2D eigenvalue weighted by Crippen LogP contribution is -2.15. The summed E-state index contributed by atoms with van der Waals surface area (Å²) in [6.07, 6.45) is 0. The van der Waals surface area contributed by atoms with Crippen LogP contribution in [0.3, 0.4) is 0 Å². The van der Waals surface area contributed by atoms with Gasteiger partial charge < -0.3 is 28.8 Å². The van der Waals surface area contributed by atoms with Gasteiger partial charge in [-0.05, 0) is 26.0 Å². The summed E-state index contributed by atoms with van der Waals surface area (Å²) in [5.41, 5.74) is -0.216. The molecule has 1 N–H and O–H groups in total. The molecule has 0 atom stereocenters. The maximum atomic E-state index is 12.7. The Balaban J connectivity index is 3.03. The first kappa shape index (κ1) is 20.2. The molecule has 0 spiro atoms. The largest absolute Gasteiger partial charge is 0.507 e. The molecule has 0 amide bonds. The smallest absolute Gasteiger partial charge is 0.339 e. The van der Waals surface area contributed by atoms with Gasteiger partial charge >= 0.3 is 11.9 Å². The second-order valence-corrected chi connectivity index (χ2v) is 5.33. The highest BCUT2D eigenvalue weighted by atomic mass is 16.5. The zero-order chi connectivity index (χ0) is 20.1. The second kappa shape index (κ2) is 8.48. The Morgan fingerprint density at radius 3 is 2.00 bits per heavy atom. The number of fused-ring (bicyclic) bond motifs is 1. The molecule has 2 aromatic carbocycles. The standard InChI is InChI=1S/C19H22O8/c1-6-26-18(21)11-8-12(20)10-9-13(23-3)16(24-4)17(25-5)14(10)15(11)19(22)27-7-2/h8-9,20H,6-7H2,1-5H3. The van der Waals surface area contributed by atoms with E-state index in [4.69, 9.17) is 23.7 Å². The van der Waals surface area contributed by atoms with Crippen molar-refractivity contribution in [1.29, 1.82) is 0 Å². The maximum Gasteiger partial charge on any atom is 0.339 e. The van der Waals surface area contributed by atoms with Crippen molar-refractivity contribution in [3.8, 4) is 23.0 Å². The van der Waals surface area contributed by atoms with E-state index in [9.17, 15) is 14.7 Å². The van der Waals surface area contributed by atoms with Gasteiger partial charge in [0, 0.05) is 10.8 Å². The number of carbonyl (C=O) groups is 2. The number of hydrogen-bond acceptors (Lipinski definition) is 8. The topological polar surface area (TPSA) is 101 Å². The zero-order valence-electron chi connectivity index (χ0n) is 15.9. The van der Waals surface area contributed by atoms with Gasteiger partial charge in [0.25, 0.3) is 0 Å². The summed E-state index contributed by atoms with van der Waals surface area (Å²) >= 11 is 0. The monoisotopic (exact) mass is 378 g/mol. The van der Waals surface area contributed by atoms with E-state index < -0.39 is 11.9 Å². The molecule has 0 saturated heterocycles. The molecule has 0 aliphatic heterocycles. The molecule has 0 unspecified atom stereocenters. The van der Waals surface area contributed by atoms with Crippen LogP contribution in [0.25, 0.3) is 10.8 Å². The molecule has 0 radical (unpaired) electrons. The van der Waals surface area contributed by atoms with Crippen LogP contribution in [0.4, 0.5) is 0 Å². The number of esters is 2. The molecule has 146 valence electrons. The van der Waals surface area contributed by atoms with Crippen LogP contribution in [0.1, 0.15) is 34.6 Å². The Kier molecular flexibility index (Phi) is 6.33. The van der Waals surface area contributed by atoms with Crippen molar-refractivity contribution in [3.63, 3.8) is 0 Å². The van der Waals surface area contributed by atoms with Crippen molar-refractivity contribution in [3.05, 3.63) is 23.3 Å². The highest BCUT2D eigenvalue weighted by Gasteiger charge is 2.29. The summed E-state index contributed by atoms with van der Waals surface area (Å²) in [6, 6.07) is 2.65. The summed E-state index contributed by atoms with van der Waals surface area (Å²) in [5, 5.41) is 10.9. The van der Waals surface area contributed by atoms with Crippen molar-refractivity contribution in [2.75, 3.05) is 34.5 Å². The van der Waals surface area contributed by atoms with Crippen LogP contribution in [-0.2, 0) is 9.47 Å². The number of rotatable bonds is 7. The molecular formula is C19H22O8. The number of phenols is 1. The van der Waals surface area contributed by atoms with Gasteiger partial charge in [0.15, 0.2) is 11.5 Å². The number of ether oxygens (including phenoxy) is 5. The van der Waals surface area contributed by atoms with Crippen LogP contribution in [0.5, 0.6) is 23.0 Å². The third-order valence-corrected chi connectivity index (χ3v) is 3.88. The normalized spacial score (nSPS) is 10.4. The third kappa shape index (κ3) is 3.55. The summed E-state index contributed by atoms with van der Waals surface area (Å²) in [6.45, 7) is 3.48. The van der Waals surface area contributed by atoms with Gasteiger partial charge in [0.1, 0.15) is 5.75 Å². The predicted molar refractivity (Wildman–Crippen MR) is 97.2 cm³/mol. The summed E-state index contributed by atoms with van der Waals surface area (Å²) < 4.78 is 26.2. The molecule has 0 aliphatic rings. The number of hydrogen-bond donors (Lipinski definition) is 1. The molecule has 8 nitrogen and oxygen atoms in total. The third-order valence-electron chi connectivity index (χ3n) is 3.88. The summed E-state index contributed by atoms with van der Waals surface area (Å²) in [7, 11) is 4.21. The van der Waals surface area contributed by atoms with E-state index >= 15 is 0 Å². The number of phenolic OH excluding ortho intramolecular Hbond substituents is 1. The molecular weight excluding hydrogens is 356 g/mol. The minimum Gasteiger partial charge on any atom is -0.507 e. The van der Waals surface area contributed by atoms with Gasteiger partial charge in [0.2, 0.25) is 5.75 Å². The SMILES string of the molecule is CCOC(=O)c1cc(O)c2cc(OC)c(OC)c(OC)c2c1C(=O)OCC. The number of aromatic hydroxyl groups is 1. The maximum absolute atomic E-state index is 12.7. The van der Waals surface area contributed by atoms with E-state index in [1.54, 1.807) is 13.8 Å². The lowest BCUT2D eigenvalue weighted by atomic mass is 9.96. The highest BCUT2D eigenvalue weighted by molar-refractivity contribution is 6.17. The van der Waals surface area contributed by atoms with Crippen molar-refractivity contribution >= 4 is 22.7 Å². The fraction of sp³-hybridized carbons (Fsp3) is 0.368. The Labute approximate surface area is 156 Å². The minimum atomic E-state index is -0.769.